The lowest BCUT2D eigenvalue weighted by atomic mass is 10.0. The van der Waals surface area contributed by atoms with Crippen molar-refractivity contribution >= 4 is 0 Å². The second-order valence-electron chi connectivity index (χ2n) is 4.86. The second-order valence-corrected chi connectivity index (χ2v) is 4.86. The number of hydrogen-bond acceptors (Lipinski definition) is 2. The van der Waals surface area contributed by atoms with E-state index in [9.17, 15) is 4.39 Å². The van der Waals surface area contributed by atoms with Crippen molar-refractivity contribution < 1.29 is 4.39 Å². The van der Waals surface area contributed by atoms with E-state index in [1.807, 2.05) is 6.07 Å². The fourth-order valence-corrected chi connectivity index (χ4v) is 2.58. The lowest BCUT2D eigenvalue weighted by Crippen LogP contribution is -2.23. The van der Waals surface area contributed by atoms with E-state index >= 15 is 0 Å². The van der Waals surface area contributed by atoms with E-state index in [1.54, 1.807) is 12.1 Å². The molecule has 0 amide bonds. The molecule has 1 atom stereocenters. The molecule has 0 spiro atoms. The summed E-state index contributed by atoms with van der Waals surface area (Å²) >= 11 is 0. The van der Waals surface area contributed by atoms with Crippen LogP contribution < -0.4 is 5.73 Å². The van der Waals surface area contributed by atoms with Gasteiger partial charge < -0.3 is 5.73 Å². The van der Waals surface area contributed by atoms with Crippen LogP contribution in [-0.4, -0.2) is 24.5 Å². The maximum absolute atomic E-state index is 13.8. The van der Waals surface area contributed by atoms with Gasteiger partial charge in [-0.25, -0.2) is 4.39 Å². The van der Waals surface area contributed by atoms with Crippen LogP contribution in [0.3, 0.4) is 0 Å². The summed E-state index contributed by atoms with van der Waals surface area (Å²) in [6.07, 6.45) is 2.04. The summed E-state index contributed by atoms with van der Waals surface area (Å²) in [6, 6.07) is 5.38. The molecule has 1 aliphatic rings. The average Bonchev–Trinajstić information content (AvgIpc) is 2.79. The summed E-state index contributed by atoms with van der Waals surface area (Å²) in [5.74, 6) is 0.521. The summed E-state index contributed by atoms with van der Waals surface area (Å²) in [6.45, 7) is 5.60. The molecule has 17 heavy (non-hydrogen) atoms. The molecular weight excluding hydrogens is 215 g/mol. The van der Waals surface area contributed by atoms with Crippen molar-refractivity contribution in [2.45, 2.75) is 26.3 Å². The monoisotopic (exact) mass is 236 g/mol. The fraction of sp³-hybridized carbons (Fsp3) is 0.571. The molecular formula is C14H21FN2. The van der Waals surface area contributed by atoms with Gasteiger partial charge in [0.05, 0.1) is 0 Å². The van der Waals surface area contributed by atoms with Gasteiger partial charge in [-0.2, -0.15) is 0 Å². The molecule has 1 unspecified atom stereocenters. The molecule has 0 saturated carbocycles. The molecule has 0 aromatic heterocycles. The van der Waals surface area contributed by atoms with E-state index in [4.69, 9.17) is 5.73 Å². The molecule has 1 aliphatic heterocycles. The normalized spacial score (nSPS) is 21.0. The van der Waals surface area contributed by atoms with Gasteiger partial charge in [-0.1, -0.05) is 19.1 Å². The first-order chi connectivity index (χ1) is 8.24. The van der Waals surface area contributed by atoms with Crippen LogP contribution in [-0.2, 0) is 13.0 Å². The number of aryl methyl sites for hydroxylation is 1. The van der Waals surface area contributed by atoms with E-state index in [1.165, 1.54) is 0 Å². The van der Waals surface area contributed by atoms with E-state index in [0.29, 0.717) is 5.92 Å². The van der Waals surface area contributed by atoms with Crippen molar-refractivity contribution in [3.8, 4) is 0 Å². The Labute approximate surface area is 103 Å². The van der Waals surface area contributed by atoms with Crippen molar-refractivity contribution in [2.75, 3.05) is 19.6 Å². The summed E-state index contributed by atoms with van der Waals surface area (Å²) in [5, 5.41) is 0. The third-order valence-electron chi connectivity index (χ3n) is 3.68. The lowest BCUT2D eigenvalue weighted by Gasteiger charge is -2.18. The number of rotatable bonds is 4. The van der Waals surface area contributed by atoms with E-state index in [-0.39, 0.29) is 5.82 Å². The van der Waals surface area contributed by atoms with E-state index < -0.39 is 0 Å². The van der Waals surface area contributed by atoms with Crippen LogP contribution in [0.1, 0.15) is 24.5 Å². The van der Waals surface area contributed by atoms with Gasteiger partial charge in [-0.15, -0.1) is 0 Å². The van der Waals surface area contributed by atoms with E-state index in [0.717, 1.165) is 50.1 Å². The van der Waals surface area contributed by atoms with Crippen LogP contribution in [0.5, 0.6) is 0 Å². The number of likely N-dealkylation sites (tertiary alicyclic amines) is 1. The largest absolute Gasteiger partial charge is 0.330 e. The highest BCUT2D eigenvalue weighted by Gasteiger charge is 2.22. The standard InChI is InChI=1S/C14H21FN2/c1-2-12-4-3-5-14(15)13(12)10-17-7-6-11(8-16)9-17/h3-5,11H,2,6-10,16H2,1H3. The van der Waals surface area contributed by atoms with Crippen LogP contribution in [0.2, 0.25) is 0 Å². The minimum absolute atomic E-state index is 0.0689. The molecule has 3 heteroatoms. The summed E-state index contributed by atoms with van der Waals surface area (Å²) in [5.41, 5.74) is 7.67. The molecule has 1 aromatic rings. The Bertz CT molecular complexity index is 378. The Balaban J connectivity index is 2.08. The Morgan fingerprint density at radius 2 is 2.29 bits per heavy atom. The van der Waals surface area contributed by atoms with Crippen LogP contribution in [0.15, 0.2) is 18.2 Å². The zero-order valence-electron chi connectivity index (χ0n) is 10.5. The minimum Gasteiger partial charge on any atom is -0.330 e. The minimum atomic E-state index is -0.0689. The van der Waals surface area contributed by atoms with Crippen LogP contribution in [0.25, 0.3) is 0 Å². The molecule has 1 fully saturated rings. The third kappa shape index (κ3) is 2.85. The van der Waals surface area contributed by atoms with Crippen LogP contribution >= 0.6 is 0 Å². The first-order valence-corrected chi connectivity index (χ1v) is 6.43. The van der Waals surface area contributed by atoms with Gasteiger partial charge in [-0.3, -0.25) is 4.90 Å². The maximum Gasteiger partial charge on any atom is 0.127 e. The summed E-state index contributed by atoms with van der Waals surface area (Å²) in [7, 11) is 0. The molecule has 94 valence electrons. The highest BCUT2D eigenvalue weighted by atomic mass is 19.1. The Kier molecular flexibility index (Phi) is 4.13. The lowest BCUT2D eigenvalue weighted by molar-refractivity contribution is 0.311. The summed E-state index contributed by atoms with van der Waals surface area (Å²) in [4.78, 5) is 2.31. The predicted molar refractivity (Wildman–Crippen MR) is 68.2 cm³/mol. The number of benzene rings is 1. The number of nitrogens with zero attached hydrogens (tertiary/aromatic N) is 1. The zero-order valence-corrected chi connectivity index (χ0v) is 10.5. The molecule has 0 aliphatic carbocycles. The predicted octanol–water partition coefficient (Wildman–Crippen LogP) is 2.17. The second kappa shape index (κ2) is 5.61. The number of halogens is 1. The van der Waals surface area contributed by atoms with Crippen LogP contribution in [0.4, 0.5) is 4.39 Å². The van der Waals surface area contributed by atoms with Gasteiger partial charge in [0.2, 0.25) is 0 Å². The highest BCUT2D eigenvalue weighted by Crippen LogP contribution is 2.21. The first-order valence-electron chi connectivity index (χ1n) is 6.43. The van der Waals surface area contributed by atoms with Gasteiger partial charge in [0.1, 0.15) is 5.82 Å². The highest BCUT2D eigenvalue weighted by molar-refractivity contribution is 5.28. The topological polar surface area (TPSA) is 29.3 Å². The molecule has 1 saturated heterocycles. The average molecular weight is 236 g/mol. The molecule has 1 aromatic carbocycles. The Hall–Kier alpha value is -0.930. The van der Waals surface area contributed by atoms with Crippen molar-refractivity contribution in [3.63, 3.8) is 0 Å². The molecule has 1 heterocycles. The van der Waals surface area contributed by atoms with Gasteiger partial charge in [-0.05, 0) is 43.5 Å². The first kappa shape index (κ1) is 12.5. The smallest absolute Gasteiger partial charge is 0.127 e. The third-order valence-corrected chi connectivity index (χ3v) is 3.68. The Morgan fingerprint density at radius 3 is 2.94 bits per heavy atom. The van der Waals surface area contributed by atoms with Gasteiger partial charge in [0.15, 0.2) is 0 Å². The zero-order chi connectivity index (χ0) is 12.3. The number of hydrogen-bond donors (Lipinski definition) is 1. The molecule has 0 radical (unpaired) electrons. The Morgan fingerprint density at radius 1 is 1.47 bits per heavy atom. The summed E-state index contributed by atoms with van der Waals surface area (Å²) < 4.78 is 13.8. The van der Waals surface area contributed by atoms with E-state index in [2.05, 4.69) is 11.8 Å². The maximum atomic E-state index is 13.8. The molecule has 2 nitrogen and oxygen atoms in total. The van der Waals surface area contributed by atoms with Gasteiger partial charge in [0, 0.05) is 18.7 Å². The quantitative estimate of drug-likeness (QED) is 0.868. The molecule has 2 rings (SSSR count). The SMILES string of the molecule is CCc1cccc(F)c1CN1CCC(CN)C1. The number of nitrogens with two attached hydrogens (primary N) is 1. The molecule has 2 N–H and O–H groups in total. The van der Waals surface area contributed by atoms with Crippen molar-refractivity contribution in [1.29, 1.82) is 0 Å². The molecule has 0 bridgehead atoms. The van der Waals surface area contributed by atoms with Crippen molar-refractivity contribution in [1.82, 2.24) is 4.90 Å². The van der Waals surface area contributed by atoms with Crippen molar-refractivity contribution in [3.05, 3.63) is 35.1 Å². The van der Waals surface area contributed by atoms with Gasteiger partial charge in [0.25, 0.3) is 0 Å². The van der Waals surface area contributed by atoms with Gasteiger partial charge >= 0.3 is 0 Å². The van der Waals surface area contributed by atoms with Crippen LogP contribution in [0, 0.1) is 11.7 Å². The fourth-order valence-electron chi connectivity index (χ4n) is 2.58. The van der Waals surface area contributed by atoms with Crippen molar-refractivity contribution in [2.24, 2.45) is 11.7 Å².